The van der Waals surface area contributed by atoms with E-state index < -0.39 is 0 Å². The molecule has 0 aliphatic carbocycles. The normalized spacial score (nSPS) is 9.18. The Kier molecular flexibility index (Phi) is 9.63. The fourth-order valence-corrected chi connectivity index (χ4v) is 1.91. The Hall–Kier alpha value is -0.960. The lowest BCUT2D eigenvalue weighted by Gasteiger charge is -2.05. The van der Waals surface area contributed by atoms with Crippen LogP contribution in [0, 0.1) is 0 Å². The molecule has 0 heterocycles. The van der Waals surface area contributed by atoms with Gasteiger partial charge in [-0.2, -0.15) is 0 Å². The van der Waals surface area contributed by atoms with E-state index in [0.717, 1.165) is 17.9 Å². The highest BCUT2D eigenvalue weighted by atomic mass is 32.2. The maximum Gasteiger partial charge on any atom is 0.224 e. The maximum absolute atomic E-state index is 11.3. The number of carbonyl (C=O) groups excluding carboxylic acids is 1. The number of hydrogen-bond donors (Lipinski definition) is 1. The van der Waals surface area contributed by atoms with E-state index in [0.29, 0.717) is 6.42 Å². The van der Waals surface area contributed by atoms with Crippen LogP contribution in [0.25, 0.3) is 0 Å². The van der Waals surface area contributed by atoms with Gasteiger partial charge in [0.15, 0.2) is 0 Å². The number of nitrogens with one attached hydrogen (secondary N) is 1. The number of anilines is 1. The summed E-state index contributed by atoms with van der Waals surface area (Å²) in [6, 6.07) is 7.97. The van der Waals surface area contributed by atoms with Crippen molar-refractivity contribution in [3.05, 3.63) is 24.3 Å². The summed E-state index contributed by atoms with van der Waals surface area (Å²) in [7, 11) is 0. The van der Waals surface area contributed by atoms with Gasteiger partial charge in [0.1, 0.15) is 0 Å². The van der Waals surface area contributed by atoms with Crippen LogP contribution in [-0.4, -0.2) is 11.7 Å². The molecule has 0 fully saturated rings. The van der Waals surface area contributed by atoms with Gasteiger partial charge in [-0.3, -0.25) is 4.79 Å². The summed E-state index contributed by atoms with van der Waals surface area (Å²) in [5.41, 5.74) is 0.883. The summed E-state index contributed by atoms with van der Waals surface area (Å²) in [5, 5.41) is 2.86. The molecule has 1 aromatic rings. The van der Waals surface area contributed by atoms with Crippen molar-refractivity contribution in [1.29, 1.82) is 0 Å². The van der Waals surface area contributed by atoms with Gasteiger partial charge in [0, 0.05) is 17.0 Å². The average molecular weight is 253 g/mol. The molecule has 1 N–H and O–H groups in total. The topological polar surface area (TPSA) is 29.1 Å². The molecule has 1 rings (SSSR count). The van der Waals surface area contributed by atoms with Gasteiger partial charge in [0.25, 0.3) is 0 Å². The SMILES string of the molecule is CC.CCCC(=O)Nc1ccc(SCC)cc1. The minimum atomic E-state index is 0.0911. The van der Waals surface area contributed by atoms with Crippen LogP contribution in [0.4, 0.5) is 5.69 Å². The Morgan fingerprint density at radius 3 is 2.24 bits per heavy atom. The number of rotatable bonds is 5. The number of benzene rings is 1. The molecule has 96 valence electrons. The first-order chi connectivity index (χ1) is 8.26. The predicted molar refractivity (Wildman–Crippen MR) is 77.7 cm³/mol. The van der Waals surface area contributed by atoms with Crippen molar-refractivity contribution in [1.82, 2.24) is 0 Å². The molecule has 1 amide bonds. The van der Waals surface area contributed by atoms with Gasteiger partial charge in [-0.25, -0.2) is 0 Å². The van der Waals surface area contributed by atoms with Gasteiger partial charge in [-0.05, 0) is 36.4 Å². The summed E-state index contributed by atoms with van der Waals surface area (Å²) in [5.74, 6) is 1.16. The molecule has 0 saturated carbocycles. The van der Waals surface area contributed by atoms with Crippen molar-refractivity contribution in [2.24, 2.45) is 0 Å². The molecular weight excluding hydrogens is 230 g/mol. The quantitative estimate of drug-likeness (QED) is 0.779. The van der Waals surface area contributed by atoms with Crippen LogP contribution < -0.4 is 5.32 Å². The monoisotopic (exact) mass is 253 g/mol. The molecule has 0 bridgehead atoms. The van der Waals surface area contributed by atoms with E-state index in [4.69, 9.17) is 0 Å². The van der Waals surface area contributed by atoms with Crippen LogP contribution in [0.2, 0.25) is 0 Å². The number of carbonyl (C=O) groups is 1. The lowest BCUT2D eigenvalue weighted by Crippen LogP contribution is -2.10. The summed E-state index contributed by atoms with van der Waals surface area (Å²) in [6.07, 6.45) is 1.47. The van der Waals surface area contributed by atoms with Gasteiger partial charge in [-0.1, -0.05) is 27.7 Å². The summed E-state index contributed by atoms with van der Waals surface area (Å²) >= 11 is 1.80. The second-order valence-electron chi connectivity index (χ2n) is 3.26. The fraction of sp³-hybridized carbons (Fsp3) is 0.500. The average Bonchev–Trinajstić information content (AvgIpc) is 2.35. The van der Waals surface area contributed by atoms with E-state index in [2.05, 4.69) is 12.2 Å². The maximum atomic E-state index is 11.3. The first-order valence-corrected chi connectivity index (χ1v) is 7.27. The first kappa shape index (κ1) is 16.0. The molecule has 0 aliphatic heterocycles. The van der Waals surface area contributed by atoms with Crippen LogP contribution in [0.3, 0.4) is 0 Å². The third-order valence-corrected chi connectivity index (χ3v) is 2.82. The summed E-state index contributed by atoms with van der Waals surface area (Å²) in [6.45, 7) is 8.13. The standard InChI is InChI=1S/C12H17NOS.C2H6/c1-3-5-12(14)13-10-6-8-11(9-7-10)15-4-2;1-2/h6-9H,3-5H2,1-2H3,(H,13,14);1-2H3. The van der Waals surface area contributed by atoms with Crippen LogP contribution in [0.1, 0.15) is 40.5 Å². The third kappa shape index (κ3) is 7.05. The Labute approximate surface area is 109 Å². The van der Waals surface area contributed by atoms with E-state index >= 15 is 0 Å². The van der Waals surface area contributed by atoms with Gasteiger partial charge < -0.3 is 5.32 Å². The highest BCUT2D eigenvalue weighted by molar-refractivity contribution is 7.99. The van der Waals surface area contributed by atoms with E-state index in [-0.39, 0.29) is 5.91 Å². The van der Waals surface area contributed by atoms with Crippen LogP contribution in [-0.2, 0) is 4.79 Å². The molecule has 0 spiro atoms. The Bertz CT molecular complexity index is 309. The molecule has 2 nitrogen and oxygen atoms in total. The molecule has 0 saturated heterocycles. The summed E-state index contributed by atoms with van der Waals surface area (Å²) in [4.78, 5) is 12.5. The highest BCUT2D eigenvalue weighted by Gasteiger charge is 2.00. The zero-order valence-electron chi connectivity index (χ0n) is 11.2. The zero-order chi connectivity index (χ0) is 13.1. The van der Waals surface area contributed by atoms with E-state index in [1.54, 1.807) is 11.8 Å². The molecule has 0 aromatic heterocycles. The number of amides is 1. The van der Waals surface area contributed by atoms with Crippen molar-refractivity contribution < 1.29 is 4.79 Å². The van der Waals surface area contributed by atoms with E-state index in [1.807, 2.05) is 45.0 Å². The van der Waals surface area contributed by atoms with Crippen molar-refractivity contribution in [2.45, 2.75) is 45.4 Å². The Balaban J connectivity index is 0.00000121. The highest BCUT2D eigenvalue weighted by Crippen LogP contribution is 2.19. The van der Waals surface area contributed by atoms with Crippen molar-refractivity contribution >= 4 is 23.4 Å². The van der Waals surface area contributed by atoms with Gasteiger partial charge in [0.2, 0.25) is 5.91 Å². The van der Waals surface area contributed by atoms with E-state index in [1.165, 1.54) is 4.90 Å². The van der Waals surface area contributed by atoms with E-state index in [9.17, 15) is 4.79 Å². The van der Waals surface area contributed by atoms with Crippen LogP contribution in [0.15, 0.2) is 29.2 Å². The molecule has 0 atom stereocenters. The Morgan fingerprint density at radius 1 is 1.18 bits per heavy atom. The Morgan fingerprint density at radius 2 is 1.76 bits per heavy atom. The molecular formula is C14H23NOS. The fourth-order valence-electron chi connectivity index (χ4n) is 1.25. The second-order valence-corrected chi connectivity index (χ2v) is 4.59. The van der Waals surface area contributed by atoms with Gasteiger partial charge >= 0.3 is 0 Å². The first-order valence-electron chi connectivity index (χ1n) is 6.29. The second kappa shape index (κ2) is 10.2. The lowest BCUT2D eigenvalue weighted by atomic mass is 10.3. The minimum Gasteiger partial charge on any atom is -0.326 e. The number of thioether (sulfide) groups is 1. The van der Waals surface area contributed by atoms with Gasteiger partial charge in [-0.15, -0.1) is 11.8 Å². The van der Waals surface area contributed by atoms with Crippen LogP contribution in [0.5, 0.6) is 0 Å². The van der Waals surface area contributed by atoms with Crippen molar-refractivity contribution in [3.8, 4) is 0 Å². The molecule has 0 aliphatic rings. The predicted octanol–water partition coefficient (Wildman–Crippen LogP) is 4.56. The zero-order valence-corrected chi connectivity index (χ0v) is 12.1. The molecule has 17 heavy (non-hydrogen) atoms. The van der Waals surface area contributed by atoms with Crippen molar-refractivity contribution in [3.63, 3.8) is 0 Å². The smallest absolute Gasteiger partial charge is 0.224 e. The molecule has 3 heteroatoms. The van der Waals surface area contributed by atoms with Crippen molar-refractivity contribution in [2.75, 3.05) is 11.1 Å². The third-order valence-electron chi connectivity index (χ3n) is 1.93. The largest absolute Gasteiger partial charge is 0.326 e. The number of hydrogen-bond acceptors (Lipinski definition) is 2. The summed E-state index contributed by atoms with van der Waals surface area (Å²) < 4.78 is 0. The molecule has 0 unspecified atom stereocenters. The molecule has 1 aromatic carbocycles. The minimum absolute atomic E-state index is 0.0911. The molecule has 0 radical (unpaired) electrons. The lowest BCUT2D eigenvalue weighted by molar-refractivity contribution is -0.116. The van der Waals surface area contributed by atoms with Crippen LogP contribution >= 0.6 is 11.8 Å². The van der Waals surface area contributed by atoms with Gasteiger partial charge in [0.05, 0.1) is 0 Å².